The fourth-order valence-corrected chi connectivity index (χ4v) is 3.77. The summed E-state index contributed by atoms with van der Waals surface area (Å²) in [4.78, 5) is 26.8. The van der Waals surface area contributed by atoms with Crippen LogP contribution in [0.4, 0.5) is 0 Å². The molecule has 0 atom stereocenters. The van der Waals surface area contributed by atoms with Crippen LogP contribution in [0.5, 0.6) is 0 Å². The number of aromatic nitrogens is 1. The summed E-state index contributed by atoms with van der Waals surface area (Å²) in [5.74, 6) is -1.41. The van der Waals surface area contributed by atoms with Gasteiger partial charge in [-0.25, -0.2) is 22.5 Å². The fourth-order valence-electron chi connectivity index (χ4n) is 2.24. The highest BCUT2D eigenvalue weighted by Gasteiger charge is 2.27. The quantitative estimate of drug-likeness (QED) is 0.777. The molecule has 0 unspecified atom stereocenters. The molecule has 0 aliphatic carbocycles. The van der Waals surface area contributed by atoms with Crippen molar-refractivity contribution in [2.75, 3.05) is 25.4 Å². The maximum atomic E-state index is 11.9. The van der Waals surface area contributed by atoms with Crippen molar-refractivity contribution in [3.05, 3.63) is 29.1 Å². The van der Waals surface area contributed by atoms with Gasteiger partial charge in [0.05, 0.1) is 17.0 Å². The van der Waals surface area contributed by atoms with Gasteiger partial charge in [0, 0.05) is 19.6 Å². The van der Waals surface area contributed by atoms with Gasteiger partial charge in [-0.15, -0.1) is 0 Å². The molecular formula is C13H17N3O5S. The van der Waals surface area contributed by atoms with E-state index in [0.717, 1.165) is 0 Å². The molecule has 1 fully saturated rings. The lowest BCUT2D eigenvalue weighted by atomic mass is 10.2. The Kier molecular flexibility index (Phi) is 4.77. The van der Waals surface area contributed by atoms with Crippen LogP contribution in [-0.4, -0.2) is 60.1 Å². The van der Waals surface area contributed by atoms with Gasteiger partial charge in [-0.1, -0.05) is 0 Å². The van der Waals surface area contributed by atoms with E-state index < -0.39 is 21.9 Å². The Labute approximate surface area is 128 Å². The molecule has 9 heteroatoms. The first kappa shape index (κ1) is 16.4. The van der Waals surface area contributed by atoms with Gasteiger partial charge >= 0.3 is 5.97 Å². The number of rotatable bonds is 5. The Balaban J connectivity index is 1.93. The highest BCUT2D eigenvalue weighted by molar-refractivity contribution is 7.89. The van der Waals surface area contributed by atoms with Gasteiger partial charge in [0.15, 0.2) is 0 Å². The zero-order chi connectivity index (χ0) is 16.3. The van der Waals surface area contributed by atoms with E-state index in [1.54, 1.807) is 0 Å². The lowest BCUT2D eigenvalue weighted by Gasteiger charge is -2.14. The van der Waals surface area contributed by atoms with E-state index >= 15 is 0 Å². The van der Waals surface area contributed by atoms with E-state index in [0.29, 0.717) is 13.0 Å². The predicted octanol–water partition coefficient (Wildman–Crippen LogP) is -0.146. The minimum absolute atomic E-state index is 0.0414. The molecule has 0 bridgehead atoms. The summed E-state index contributed by atoms with van der Waals surface area (Å²) in [5.41, 5.74) is 0.397. The van der Waals surface area contributed by atoms with Crippen molar-refractivity contribution in [2.24, 2.45) is 0 Å². The minimum atomic E-state index is -3.17. The molecule has 1 aromatic heterocycles. The lowest BCUT2D eigenvalue weighted by molar-refractivity contribution is 0.0694. The molecule has 0 spiro atoms. The van der Waals surface area contributed by atoms with E-state index in [1.165, 1.54) is 23.4 Å². The van der Waals surface area contributed by atoms with Gasteiger partial charge in [0.25, 0.3) is 5.91 Å². The standard InChI is InChI=1S/C13H17N3O5S/c1-9-10(13(18)19)3-4-11(15-9)12(17)14-5-7-16-6-2-8-22(16,20)21/h3-4H,2,5-8H2,1H3,(H,14,17)(H,18,19). The van der Waals surface area contributed by atoms with Crippen molar-refractivity contribution < 1.29 is 23.1 Å². The summed E-state index contributed by atoms with van der Waals surface area (Å²) >= 11 is 0. The number of aryl methyl sites for hydroxylation is 1. The molecule has 1 aromatic rings. The molecule has 1 amide bonds. The predicted molar refractivity (Wildman–Crippen MR) is 78.2 cm³/mol. The Morgan fingerprint density at radius 3 is 2.68 bits per heavy atom. The number of sulfonamides is 1. The summed E-state index contributed by atoms with van der Waals surface area (Å²) in [7, 11) is -3.17. The van der Waals surface area contributed by atoms with Crippen LogP contribution in [0, 0.1) is 6.92 Å². The van der Waals surface area contributed by atoms with Gasteiger partial charge < -0.3 is 10.4 Å². The minimum Gasteiger partial charge on any atom is -0.478 e. The van der Waals surface area contributed by atoms with Crippen LogP contribution in [0.25, 0.3) is 0 Å². The van der Waals surface area contributed by atoms with Crippen molar-refractivity contribution in [1.82, 2.24) is 14.6 Å². The van der Waals surface area contributed by atoms with Crippen LogP contribution in [0.2, 0.25) is 0 Å². The van der Waals surface area contributed by atoms with Crippen molar-refractivity contribution in [3.63, 3.8) is 0 Å². The van der Waals surface area contributed by atoms with Gasteiger partial charge in [-0.3, -0.25) is 4.79 Å². The smallest absolute Gasteiger partial charge is 0.337 e. The number of nitrogens with zero attached hydrogens (tertiary/aromatic N) is 2. The molecule has 1 saturated heterocycles. The van der Waals surface area contributed by atoms with E-state index in [2.05, 4.69) is 10.3 Å². The average molecular weight is 327 g/mol. The molecule has 2 heterocycles. The first-order valence-corrected chi connectivity index (χ1v) is 8.39. The second-order valence-corrected chi connectivity index (χ2v) is 7.05. The Hall–Kier alpha value is -2.00. The highest BCUT2D eigenvalue weighted by Crippen LogP contribution is 2.12. The lowest BCUT2D eigenvalue weighted by Crippen LogP contribution is -2.36. The highest BCUT2D eigenvalue weighted by atomic mass is 32.2. The topological polar surface area (TPSA) is 117 Å². The second kappa shape index (κ2) is 6.41. The molecule has 2 N–H and O–H groups in total. The van der Waals surface area contributed by atoms with E-state index in [9.17, 15) is 18.0 Å². The van der Waals surface area contributed by atoms with Crippen LogP contribution >= 0.6 is 0 Å². The normalized spacial score (nSPS) is 17.3. The van der Waals surface area contributed by atoms with E-state index in [1.807, 2.05) is 0 Å². The average Bonchev–Trinajstić information content (AvgIpc) is 2.77. The molecule has 0 aromatic carbocycles. The van der Waals surface area contributed by atoms with E-state index in [4.69, 9.17) is 5.11 Å². The second-order valence-electron chi connectivity index (χ2n) is 4.96. The number of carboxylic acids is 1. The number of amides is 1. The van der Waals surface area contributed by atoms with Gasteiger partial charge in [0.2, 0.25) is 10.0 Å². The molecule has 8 nitrogen and oxygen atoms in total. The maximum absolute atomic E-state index is 11.9. The zero-order valence-corrected chi connectivity index (χ0v) is 12.9. The first-order chi connectivity index (χ1) is 10.3. The monoisotopic (exact) mass is 327 g/mol. The molecule has 120 valence electrons. The summed E-state index contributed by atoms with van der Waals surface area (Å²) < 4.78 is 24.5. The van der Waals surface area contributed by atoms with Gasteiger partial charge in [-0.05, 0) is 25.5 Å². The molecule has 0 radical (unpaired) electrons. The number of carbonyl (C=O) groups is 2. The van der Waals surface area contributed by atoms with Crippen LogP contribution < -0.4 is 5.32 Å². The van der Waals surface area contributed by atoms with E-state index in [-0.39, 0.29) is 35.8 Å². The molecule has 22 heavy (non-hydrogen) atoms. The molecule has 1 aliphatic rings. The number of nitrogens with one attached hydrogen (secondary N) is 1. The SMILES string of the molecule is Cc1nc(C(=O)NCCN2CCCS2(=O)=O)ccc1C(=O)O. The summed E-state index contributed by atoms with van der Waals surface area (Å²) in [6.45, 7) is 2.39. The number of hydrogen-bond acceptors (Lipinski definition) is 5. The molecule has 2 rings (SSSR count). The van der Waals surface area contributed by atoms with Crippen molar-refractivity contribution >= 4 is 21.9 Å². The van der Waals surface area contributed by atoms with Crippen LogP contribution in [0.15, 0.2) is 12.1 Å². The maximum Gasteiger partial charge on any atom is 0.337 e. The van der Waals surface area contributed by atoms with Crippen LogP contribution in [-0.2, 0) is 10.0 Å². The summed E-state index contributed by atoms with van der Waals surface area (Å²) in [6, 6.07) is 2.66. The molecule has 0 saturated carbocycles. The van der Waals surface area contributed by atoms with Gasteiger partial charge in [0.1, 0.15) is 5.69 Å². The number of carboxylic acid groups (broad SMARTS) is 1. The summed E-state index contributed by atoms with van der Waals surface area (Å²) in [5, 5.41) is 11.5. The fraction of sp³-hybridized carbons (Fsp3) is 0.462. The Bertz CT molecular complexity index is 702. The number of hydrogen-bond donors (Lipinski definition) is 2. The Morgan fingerprint density at radius 1 is 1.41 bits per heavy atom. The van der Waals surface area contributed by atoms with Crippen molar-refractivity contribution in [3.8, 4) is 0 Å². The zero-order valence-electron chi connectivity index (χ0n) is 12.1. The van der Waals surface area contributed by atoms with Crippen molar-refractivity contribution in [2.45, 2.75) is 13.3 Å². The van der Waals surface area contributed by atoms with Gasteiger partial charge in [-0.2, -0.15) is 0 Å². The summed E-state index contributed by atoms with van der Waals surface area (Å²) in [6.07, 6.45) is 0.605. The number of pyridine rings is 1. The molecule has 1 aliphatic heterocycles. The Morgan fingerprint density at radius 2 is 2.14 bits per heavy atom. The first-order valence-electron chi connectivity index (χ1n) is 6.78. The third kappa shape index (κ3) is 3.60. The van der Waals surface area contributed by atoms with Crippen LogP contribution in [0.1, 0.15) is 33.0 Å². The van der Waals surface area contributed by atoms with Crippen molar-refractivity contribution in [1.29, 1.82) is 0 Å². The largest absolute Gasteiger partial charge is 0.478 e. The number of carbonyl (C=O) groups excluding carboxylic acids is 1. The third-order valence-corrected chi connectivity index (χ3v) is 5.36. The van der Waals surface area contributed by atoms with Crippen LogP contribution in [0.3, 0.4) is 0 Å². The molecular weight excluding hydrogens is 310 g/mol. The number of aromatic carboxylic acids is 1. The third-order valence-electron chi connectivity index (χ3n) is 3.40.